The van der Waals surface area contributed by atoms with Crippen molar-refractivity contribution in [1.29, 1.82) is 0 Å². The van der Waals surface area contributed by atoms with E-state index in [-0.39, 0.29) is 24.5 Å². The average molecular weight is 417 g/mol. The van der Waals surface area contributed by atoms with Gasteiger partial charge < -0.3 is 9.80 Å². The first-order chi connectivity index (χ1) is 13.5. The van der Waals surface area contributed by atoms with Gasteiger partial charge in [-0.3, -0.25) is 9.59 Å². The van der Waals surface area contributed by atoms with Crippen LogP contribution in [0.25, 0.3) is 0 Å². The van der Waals surface area contributed by atoms with Gasteiger partial charge in [0.1, 0.15) is 0 Å². The van der Waals surface area contributed by atoms with Crippen LogP contribution in [-0.4, -0.2) is 49.0 Å². The number of ketones is 1. The number of amides is 1. The Labute approximate surface area is 175 Å². The Kier molecular flexibility index (Phi) is 7.03. The standard InChI is InChI=1S/C22H25ClN2O2S/c1-16-3-6-18(23)15-20(16)24-11-13-25(14-12-24)22(27)10-9-21(26)17-4-7-19(28-2)8-5-17/h3-8,15H,9-14H2,1-2H3. The fourth-order valence-corrected chi connectivity index (χ4v) is 3.99. The minimum atomic E-state index is 0.0224. The first-order valence-electron chi connectivity index (χ1n) is 9.44. The monoisotopic (exact) mass is 416 g/mol. The molecular weight excluding hydrogens is 392 g/mol. The van der Waals surface area contributed by atoms with E-state index in [1.165, 1.54) is 5.56 Å². The zero-order valence-electron chi connectivity index (χ0n) is 16.3. The normalized spacial score (nSPS) is 14.2. The molecule has 1 aliphatic rings. The number of hydrogen-bond acceptors (Lipinski definition) is 4. The SMILES string of the molecule is CSc1ccc(C(=O)CCC(=O)N2CCN(c3cc(Cl)ccc3C)CC2)cc1. The number of nitrogens with zero attached hydrogens (tertiary/aromatic N) is 2. The van der Waals surface area contributed by atoms with Crippen LogP contribution in [0.15, 0.2) is 47.4 Å². The molecule has 1 amide bonds. The number of benzene rings is 2. The molecule has 2 aromatic rings. The van der Waals surface area contributed by atoms with Crippen molar-refractivity contribution in [2.45, 2.75) is 24.7 Å². The average Bonchev–Trinajstić information content (AvgIpc) is 2.73. The van der Waals surface area contributed by atoms with E-state index in [2.05, 4.69) is 11.8 Å². The summed E-state index contributed by atoms with van der Waals surface area (Å²) in [6, 6.07) is 13.5. The number of thioether (sulfide) groups is 1. The highest BCUT2D eigenvalue weighted by Gasteiger charge is 2.22. The van der Waals surface area contributed by atoms with E-state index >= 15 is 0 Å². The minimum Gasteiger partial charge on any atom is -0.368 e. The third-order valence-electron chi connectivity index (χ3n) is 5.12. The highest BCUT2D eigenvalue weighted by atomic mass is 35.5. The first-order valence-corrected chi connectivity index (χ1v) is 11.0. The summed E-state index contributed by atoms with van der Waals surface area (Å²) >= 11 is 7.77. The van der Waals surface area contributed by atoms with Crippen molar-refractivity contribution >= 4 is 40.7 Å². The van der Waals surface area contributed by atoms with Crippen molar-refractivity contribution in [3.05, 3.63) is 58.6 Å². The van der Waals surface area contributed by atoms with E-state index in [4.69, 9.17) is 11.6 Å². The maximum Gasteiger partial charge on any atom is 0.223 e. The van der Waals surface area contributed by atoms with Crippen LogP contribution >= 0.6 is 23.4 Å². The molecule has 6 heteroatoms. The summed E-state index contributed by atoms with van der Waals surface area (Å²) in [7, 11) is 0. The maximum atomic E-state index is 12.5. The van der Waals surface area contributed by atoms with Gasteiger partial charge >= 0.3 is 0 Å². The van der Waals surface area contributed by atoms with Crippen molar-refractivity contribution in [3.63, 3.8) is 0 Å². The van der Waals surface area contributed by atoms with Crippen LogP contribution in [-0.2, 0) is 4.79 Å². The fourth-order valence-electron chi connectivity index (χ4n) is 3.42. The number of carbonyl (C=O) groups excluding carboxylic acids is 2. The topological polar surface area (TPSA) is 40.6 Å². The lowest BCUT2D eigenvalue weighted by Crippen LogP contribution is -2.49. The predicted octanol–water partition coefficient (Wildman–Crippen LogP) is 4.68. The van der Waals surface area contributed by atoms with E-state index < -0.39 is 0 Å². The van der Waals surface area contributed by atoms with Gasteiger partial charge in [-0.25, -0.2) is 0 Å². The number of anilines is 1. The number of Topliss-reactive ketones (excluding diaryl/α,β-unsaturated/α-hetero) is 1. The molecule has 0 aliphatic carbocycles. The molecular formula is C22H25ClN2O2S. The van der Waals surface area contributed by atoms with Crippen molar-refractivity contribution in [2.24, 2.45) is 0 Å². The molecule has 1 aliphatic heterocycles. The minimum absolute atomic E-state index is 0.0224. The van der Waals surface area contributed by atoms with Gasteiger partial charge in [0, 0.05) is 60.2 Å². The highest BCUT2D eigenvalue weighted by molar-refractivity contribution is 7.98. The second-order valence-corrected chi connectivity index (χ2v) is 8.27. The lowest BCUT2D eigenvalue weighted by molar-refractivity contribution is -0.131. The second-order valence-electron chi connectivity index (χ2n) is 6.95. The Morgan fingerprint density at radius 1 is 1.00 bits per heavy atom. The lowest BCUT2D eigenvalue weighted by atomic mass is 10.1. The van der Waals surface area contributed by atoms with Gasteiger partial charge in [0.25, 0.3) is 0 Å². The molecule has 3 rings (SSSR count). The van der Waals surface area contributed by atoms with E-state index in [0.29, 0.717) is 18.7 Å². The number of rotatable bonds is 6. The molecule has 0 spiro atoms. The van der Waals surface area contributed by atoms with Crippen molar-refractivity contribution in [2.75, 3.05) is 37.3 Å². The molecule has 1 fully saturated rings. The molecule has 4 nitrogen and oxygen atoms in total. The highest BCUT2D eigenvalue weighted by Crippen LogP contribution is 2.25. The Morgan fingerprint density at radius 2 is 1.68 bits per heavy atom. The number of hydrogen-bond donors (Lipinski definition) is 0. The third kappa shape index (κ3) is 5.09. The van der Waals surface area contributed by atoms with Crippen LogP contribution in [0, 0.1) is 6.92 Å². The third-order valence-corrected chi connectivity index (χ3v) is 6.10. The Morgan fingerprint density at radius 3 is 2.32 bits per heavy atom. The van der Waals surface area contributed by atoms with Gasteiger partial charge in [-0.2, -0.15) is 0 Å². The van der Waals surface area contributed by atoms with Crippen molar-refractivity contribution in [1.82, 2.24) is 4.90 Å². The summed E-state index contributed by atoms with van der Waals surface area (Å²) in [4.78, 5) is 30.1. The van der Waals surface area contributed by atoms with Gasteiger partial charge in [0.05, 0.1) is 0 Å². The molecule has 148 valence electrons. The van der Waals surface area contributed by atoms with Gasteiger partial charge in [0.2, 0.25) is 5.91 Å². The van der Waals surface area contributed by atoms with Crippen LogP contribution in [0.2, 0.25) is 5.02 Å². The zero-order chi connectivity index (χ0) is 20.1. The largest absolute Gasteiger partial charge is 0.368 e. The summed E-state index contributed by atoms with van der Waals surface area (Å²) < 4.78 is 0. The number of carbonyl (C=O) groups is 2. The summed E-state index contributed by atoms with van der Waals surface area (Å²) in [5.74, 6) is 0.0748. The Hall–Kier alpha value is -1.98. The lowest BCUT2D eigenvalue weighted by Gasteiger charge is -2.37. The smallest absolute Gasteiger partial charge is 0.223 e. The zero-order valence-corrected chi connectivity index (χ0v) is 17.9. The summed E-state index contributed by atoms with van der Waals surface area (Å²) in [6.45, 7) is 4.96. The van der Waals surface area contributed by atoms with Crippen LogP contribution < -0.4 is 4.90 Å². The molecule has 0 radical (unpaired) electrons. The van der Waals surface area contributed by atoms with Crippen LogP contribution in [0.5, 0.6) is 0 Å². The quantitative estimate of drug-likeness (QED) is 0.506. The van der Waals surface area contributed by atoms with Crippen LogP contribution in [0.3, 0.4) is 0 Å². The van der Waals surface area contributed by atoms with Crippen molar-refractivity contribution in [3.8, 4) is 0 Å². The molecule has 2 aromatic carbocycles. The van der Waals surface area contributed by atoms with E-state index in [0.717, 1.165) is 28.7 Å². The number of piperazine rings is 1. The number of aryl methyl sites for hydroxylation is 1. The van der Waals surface area contributed by atoms with Gasteiger partial charge in [0.15, 0.2) is 5.78 Å². The summed E-state index contributed by atoms with van der Waals surface area (Å²) in [5, 5.41) is 0.725. The van der Waals surface area contributed by atoms with Crippen molar-refractivity contribution < 1.29 is 9.59 Å². The Balaban J connectivity index is 1.49. The molecule has 1 heterocycles. The van der Waals surface area contributed by atoms with Crippen LogP contribution in [0.4, 0.5) is 5.69 Å². The van der Waals surface area contributed by atoms with E-state index in [1.54, 1.807) is 11.8 Å². The van der Waals surface area contributed by atoms with Gasteiger partial charge in [-0.15, -0.1) is 11.8 Å². The first kappa shape index (κ1) is 20.7. The maximum absolute atomic E-state index is 12.5. The molecule has 0 unspecified atom stereocenters. The summed E-state index contributed by atoms with van der Waals surface area (Å²) in [5.41, 5.74) is 2.98. The van der Waals surface area contributed by atoms with Gasteiger partial charge in [-0.1, -0.05) is 29.8 Å². The molecule has 0 N–H and O–H groups in total. The summed E-state index contributed by atoms with van der Waals surface area (Å²) in [6.07, 6.45) is 2.52. The molecule has 0 atom stereocenters. The molecule has 0 saturated carbocycles. The van der Waals surface area contributed by atoms with Crippen LogP contribution in [0.1, 0.15) is 28.8 Å². The second kappa shape index (κ2) is 9.48. The molecule has 0 bridgehead atoms. The molecule has 0 aromatic heterocycles. The Bertz CT molecular complexity index is 846. The number of halogens is 1. The fraction of sp³-hybridized carbons (Fsp3) is 0.364. The van der Waals surface area contributed by atoms with Gasteiger partial charge in [-0.05, 0) is 43.0 Å². The molecule has 1 saturated heterocycles. The molecule has 28 heavy (non-hydrogen) atoms. The predicted molar refractivity (Wildman–Crippen MR) is 117 cm³/mol. The van der Waals surface area contributed by atoms with E-state index in [1.807, 2.05) is 53.6 Å². The van der Waals surface area contributed by atoms with E-state index in [9.17, 15) is 9.59 Å².